The summed E-state index contributed by atoms with van der Waals surface area (Å²) in [6.07, 6.45) is 2.95. The Morgan fingerprint density at radius 3 is 2.61 bits per heavy atom. The van der Waals surface area contributed by atoms with Crippen LogP contribution in [0.4, 0.5) is 4.79 Å². The van der Waals surface area contributed by atoms with E-state index in [0.29, 0.717) is 66.7 Å². The van der Waals surface area contributed by atoms with E-state index >= 15 is 0 Å². The lowest BCUT2D eigenvalue weighted by molar-refractivity contribution is -0.119. The van der Waals surface area contributed by atoms with Gasteiger partial charge in [-0.05, 0) is 45.2 Å². The molecular weight excluding hydrogens is 464 g/mol. The number of rotatable bonds is 6. The van der Waals surface area contributed by atoms with Crippen molar-refractivity contribution < 1.29 is 29.0 Å². The highest BCUT2D eigenvalue weighted by Crippen LogP contribution is 2.33. The molecule has 3 heterocycles. The molecule has 3 amide bonds. The van der Waals surface area contributed by atoms with Crippen molar-refractivity contribution in [1.29, 1.82) is 0 Å². The number of fused-ring (bicyclic) bond motifs is 1. The maximum absolute atomic E-state index is 12.2. The van der Waals surface area contributed by atoms with E-state index in [-0.39, 0.29) is 36.1 Å². The Kier molecular flexibility index (Phi) is 7.48. The van der Waals surface area contributed by atoms with Crippen molar-refractivity contribution in [2.75, 3.05) is 19.7 Å². The summed E-state index contributed by atoms with van der Waals surface area (Å²) in [4.78, 5) is 40.8. The third-order valence-corrected chi connectivity index (χ3v) is 6.26. The SMILES string of the molecule is CC(C)Oc1cc2c(OC[C@@H]3CCC(=O)N3)ncc(C#CC3CCN(C(=O)O)CC3)c2cc1C(N)=O. The number of benzene rings is 1. The molecule has 0 spiro atoms. The first-order valence-corrected chi connectivity index (χ1v) is 12.1. The van der Waals surface area contributed by atoms with E-state index in [4.69, 9.17) is 20.3 Å². The second kappa shape index (κ2) is 10.7. The van der Waals surface area contributed by atoms with Gasteiger partial charge in [-0.2, -0.15) is 0 Å². The molecule has 10 heteroatoms. The van der Waals surface area contributed by atoms with Crippen molar-refractivity contribution in [3.8, 4) is 23.5 Å². The average Bonchev–Trinajstić information content (AvgIpc) is 3.26. The number of piperidine rings is 1. The second-order valence-electron chi connectivity index (χ2n) is 9.33. The number of primary amides is 1. The number of hydrogen-bond acceptors (Lipinski definition) is 6. The topological polar surface area (TPSA) is 144 Å². The molecule has 0 saturated carbocycles. The van der Waals surface area contributed by atoms with Crippen LogP contribution in [0, 0.1) is 17.8 Å². The number of carboxylic acid groups (broad SMARTS) is 1. The predicted molar refractivity (Wildman–Crippen MR) is 132 cm³/mol. The number of carbonyl (C=O) groups excluding carboxylic acids is 2. The lowest BCUT2D eigenvalue weighted by atomic mass is 9.96. The smallest absolute Gasteiger partial charge is 0.407 e. The molecule has 2 aliphatic heterocycles. The zero-order valence-electron chi connectivity index (χ0n) is 20.4. The Hall–Kier alpha value is -4.00. The van der Waals surface area contributed by atoms with E-state index in [1.54, 1.807) is 18.3 Å². The van der Waals surface area contributed by atoms with Crippen molar-refractivity contribution in [2.24, 2.45) is 11.7 Å². The Balaban J connectivity index is 1.69. The molecule has 2 aromatic rings. The summed E-state index contributed by atoms with van der Waals surface area (Å²) in [5, 5.41) is 13.3. The highest BCUT2D eigenvalue weighted by Gasteiger charge is 2.23. The van der Waals surface area contributed by atoms with Crippen LogP contribution < -0.4 is 20.5 Å². The molecule has 0 bridgehead atoms. The van der Waals surface area contributed by atoms with Crippen LogP contribution in [0.3, 0.4) is 0 Å². The first kappa shape index (κ1) is 25.1. The van der Waals surface area contributed by atoms with E-state index in [1.165, 1.54) is 4.90 Å². The van der Waals surface area contributed by atoms with Gasteiger partial charge < -0.3 is 30.5 Å². The third-order valence-electron chi connectivity index (χ3n) is 6.26. The zero-order valence-corrected chi connectivity index (χ0v) is 20.4. The molecule has 10 nitrogen and oxygen atoms in total. The first-order chi connectivity index (χ1) is 17.2. The monoisotopic (exact) mass is 494 g/mol. The van der Waals surface area contributed by atoms with E-state index in [0.717, 1.165) is 0 Å². The number of ether oxygens (including phenoxy) is 2. The van der Waals surface area contributed by atoms with Gasteiger partial charge in [-0.1, -0.05) is 11.8 Å². The van der Waals surface area contributed by atoms with Crippen LogP contribution in [-0.2, 0) is 4.79 Å². The molecule has 0 unspecified atom stereocenters. The van der Waals surface area contributed by atoms with Gasteiger partial charge >= 0.3 is 6.09 Å². The molecule has 4 N–H and O–H groups in total. The zero-order chi connectivity index (χ0) is 25.8. The number of likely N-dealkylation sites (tertiary alicyclic amines) is 1. The second-order valence-corrected chi connectivity index (χ2v) is 9.33. The fraction of sp³-hybridized carbons (Fsp3) is 0.462. The molecule has 1 atom stereocenters. The summed E-state index contributed by atoms with van der Waals surface area (Å²) >= 11 is 0. The summed E-state index contributed by atoms with van der Waals surface area (Å²) in [5.74, 6) is 6.52. The van der Waals surface area contributed by atoms with Crippen molar-refractivity contribution in [1.82, 2.24) is 15.2 Å². The van der Waals surface area contributed by atoms with Crippen molar-refractivity contribution in [2.45, 2.75) is 51.7 Å². The maximum atomic E-state index is 12.2. The summed E-state index contributed by atoms with van der Waals surface area (Å²) in [6, 6.07) is 3.25. The van der Waals surface area contributed by atoms with Crippen LogP contribution in [0.25, 0.3) is 10.8 Å². The molecule has 0 aliphatic carbocycles. The molecule has 2 saturated heterocycles. The highest BCUT2D eigenvalue weighted by molar-refractivity contribution is 6.03. The molecule has 4 rings (SSSR count). The summed E-state index contributed by atoms with van der Waals surface area (Å²) in [7, 11) is 0. The normalized spacial score (nSPS) is 18.0. The molecule has 1 aromatic heterocycles. The molecule has 0 radical (unpaired) electrons. The van der Waals surface area contributed by atoms with Crippen LogP contribution in [0.1, 0.15) is 55.5 Å². The van der Waals surface area contributed by atoms with E-state index in [9.17, 15) is 14.4 Å². The van der Waals surface area contributed by atoms with Gasteiger partial charge in [0.05, 0.1) is 23.3 Å². The Labute approximate surface area is 209 Å². The van der Waals surface area contributed by atoms with Gasteiger partial charge in [-0.15, -0.1) is 0 Å². The van der Waals surface area contributed by atoms with Crippen LogP contribution in [0.5, 0.6) is 11.6 Å². The minimum absolute atomic E-state index is 0.0000488. The lowest BCUT2D eigenvalue weighted by Crippen LogP contribution is -2.37. The van der Waals surface area contributed by atoms with Crippen LogP contribution >= 0.6 is 0 Å². The highest BCUT2D eigenvalue weighted by atomic mass is 16.5. The number of hydrogen-bond donors (Lipinski definition) is 3. The van der Waals surface area contributed by atoms with Crippen molar-refractivity contribution >= 4 is 28.7 Å². The number of nitrogens with two attached hydrogens (primary N) is 1. The Morgan fingerprint density at radius 1 is 1.25 bits per heavy atom. The van der Waals surface area contributed by atoms with Crippen molar-refractivity contribution in [3.05, 3.63) is 29.5 Å². The molecule has 2 fully saturated rings. The van der Waals surface area contributed by atoms with Crippen LogP contribution in [0.2, 0.25) is 0 Å². The number of carbonyl (C=O) groups is 3. The van der Waals surface area contributed by atoms with Gasteiger partial charge in [-0.25, -0.2) is 9.78 Å². The molecule has 1 aromatic carbocycles. The molecular formula is C26H30N4O6. The molecule has 2 aliphatic rings. The standard InChI is InChI=1S/C26H30N4O6/c1-15(2)36-22-12-20-19(11-21(22)24(27)32)17(4-3-16-7-9-30(10-8-16)26(33)34)13-28-25(20)35-14-18-5-6-23(31)29-18/h11-13,15-16,18H,5-10,14H2,1-2H3,(H2,27,32)(H,29,31)(H,33,34)/t18-/m0/s1. The van der Waals surface area contributed by atoms with Gasteiger partial charge in [0.25, 0.3) is 5.91 Å². The lowest BCUT2D eigenvalue weighted by Gasteiger charge is -2.27. The van der Waals surface area contributed by atoms with Gasteiger partial charge in [0, 0.05) is 42.4 Å². The van der Waals surface area contributed by atoms with Gasteiger partial charge in [0.1, 0.15) is 12.4 Å². The average molecular weight is 495 g/mol. The minimum atomic E-state index is -0.914. The van der Waals surface area contributed by atoms with E-state index < -0.39 is 12.0 Å². The Bertz CT molecular complexity index is 1240. The summed E-state index contributed by atoms with van der Waals surface area (Å²) in [6.45, 7) is 4.86. The van der Waals surface area contributed by atoms with Crippen molar-refractivity contribution in [3.63, 3.8) is 0 Å². The number of aromatic nitrogens is 1. The van der Waals surface area contributed by atoms with Crippen LogP contribution in [-0.4, -0.2) is 64.7 Å². The quantitative estimate of drug-likeness (QED) is 0.524. The first-order valence-electron chi connectivity index (χ1n) is 12.1. The Morgan fingerprint density at radius 2 is 2.00 bits per heavy atom. The van der Waals surface area contributed by atoms with Gasteiger partial charge in [0.15, 0.2) is 0 Å². The number of nitrogens with one attached hydrogen (secondary N) is 1. The fourth-order valence-corrected chi connectivity index (χ4v) is 4.38. The summed E-state index contributed by atoms with van der Waals surface area (Å²) < 4.78 is 11.8. The van der Waals surface area contributed by atoms with Crippen LogP contribution in [0.15, 0.2) is 18.3 Å². The third kappa shape index (κ3) is 5.79. The van der Waals surface area contributed by atoms with Gasteiger partial charge in [-0.3, -0.25) is 9.59 Å². The molecule has 36 heavy (non-hydrogen) atoms. The number of amides is 3. The summed E-state index contributed by atoms with van der Waals surface area (Å²) in [5.41, 5.74) is 6.49. The largest absolute Gasteiger partial charge is 0.490 e. The minimum Gasteiger partial charge on any atom is -0.490 e. The van der Waals surface area contributed by atoms with Gasteiger partial charge in [0.2, 0.25) is 11.8 Å². The maximum Gasteiger partial charge on any atom is 0.407 e. The molecule has 190 valence electrons. The van der Waals surface area contributed by atoms with E-state index in [2.05, 4.69) is 22.1 Å². The predicted octanol–water partition coefficient (Wildman–Crippen LogP) is 2.52. The number of nitrogens with zero attached hydrogens (tertiary/aromatic N) is 2. The van der Waals surface area contributed by atoms with E-state index in [1.807, 2.05) is 13.8 Å². The fourth-order valence-electron chi connectivity index (χ4n) is 4.38. The number of pyridine rings is 1.